The molecular weight excluding hydrogens is 516 g/mol. The highest BCUT2D eigenvalue weighted by Gasteiger charge is 2.22. The van der Waals surface area contributed by atoms with Gasteiger partial charge in [-0.1, -0.05) is 12.7 Å². The summed E-state index contributed by atoms with van der Waals surface area (Å²) >= 11 is 0.841. The summed E-state index contributed by atoms with van der Waals surface area (Å²) in [6.07, 6.45) is 2.75. The molecule has 0 radical (unpaired) electrons. The van der Waals surface area contributed by atoms with Gasteiger partial charge < -0.3 is 28.6 Å². The van der Waals surface area contributed by atoms with Crippen molar-refractivity contribution in [1.29, 1.82) is 0 Å². The Bertz CT molecular complexity index is 1360. The van der Waals surface area contributed by atoms with Gasteiger partial charge in [0, 0.05) is 29.8 Å². The fourth-order valence-electron chi connectivity index (χ4n) is 3.44. The molecule has 0 amide bonds. The monoisotopic (exact) mass is 542 g/mol. The Kier molecular flexibility index (Phi) is 9.33. The number of thioether (sulfide) groups is 1. The van der Waals surface area contributed by atoms with E-state index in [0.29, 0.717) is 34.6 Å². The quantitative estimate of drug-likeness (QED) is 0.105. The van der Waals surface area contributed by atoms with Crippen LogP contribution in [0.2, 0.25) is 0 Å². The summed E-state index contributed by atoms with van der Waals surface area (Å²) < 4.78 is 23.3. The Morgan fingerprint density at radius 2 is 1.82 bits per heavy atom. The van der Waals surface area contributed by atoms with E-state index >= 15 is 0 Å². The van der Waals surface area contributed by atoms with Crippen LogP contribution in [0.4, 0.5) is 5.69 Å². The number of benzene rings is 2. The van der Waals surface area contributed by atoms with E-state index in [4.69, 9.17) is 18.9 Å². The third-order valence-electron chi connectivity index (χ3n) is 5.19. The van der Waals surface area contributed by atoms with E-state index in [-0.39, 0.29) is 34.3 Å². The largest absolute Gasteiger partial charge is 0.497 e. The Morgan fingerprint density at radius 1 is 1.13 bits per heavy atom. The average molecular weight is 543 g/mol. The second-order valence-electron chi connectivity index (χ2n) is 7.49. The summed E-state index contributed by atoms with van der Waals surface area (Å²) in [4.78, 5) is 23.0. The number of carboxylic acids is 1. The maximum absolute atomic E-state index is 12.2. The van der Waals surface area contributed by atoms with Crippen molar-refractivity contribution in [3.8, 4) is 34.4 Å². The van der Waals surface area contributed by atoms with Gasteiger partial charge in [0.25, 0.3) is 5.69 Å². The smallest absolute Gasteiger partial charge is 0.342 e. The lowest BCUT2D eigenvalue weighted by atomic mass is 10.1. The predicted octanol–water partition coefficient (Wildman–Crippen LogP) is 4.68. The summed E-state index contributed by atoms with van der Waals surface area (Å²) in [5.74, 6) is 0.523. The van der Waals surface area contributed by atoms with Gasteiger partial charge in [-0.3, -0.25) is 10.1 Å². The fraction of sp³-hybridized carbons (Fsp3) is 0.240. The predicted molar refractivity (Wildman–Crippen MR) is 141 cm³/mol. The molecular formula is C25H26N4O8S. The molecule has 0 aliphatic rings. The van der Waals surface area contributed by atoms with Crippen molar-refractivity contribution in [2.45, 2.75) is 18.6 Å². The topological polar surface area (TPSA) is 148 Å². The van der Waals surface area contributed by atoms with Gasteiger partial charge in [0.1, 0.15) is 23.0 Å². The number of ether oxygens (including phenoxy) is 4. The van der Waals surface area contributed by atoms with Crippen LogP contribution in [-0.2, 0) is 11.3 Å². The first-order chi connectivity index (χ1) is 18.3. The molecule has 1 aromatic heterocycles. The lowest BCUT2D eigenvalue weighted by Gasteiger charge is -2.13. The third-order valence-corrected chi connectivity index (χ3v) is 6.18. The van der Waals surface area contributed by atoms with Crippen molar-refractivity contribution in [3.05, 3.63) is 63.6 Å². The van der Waals surface area contributed by atoms with Crippen molar-refractivity contribution < 1.29 is 33.8 Å². The van der Waals surface area contributed by atoms with Gasteiger partial charge in [0.05, 0.1) is 32.3 Å². The molecule has 38 heavy (non-hydrogen) atoms. The van der Waals surface area contributed by atoms with Crippen LogP contribution >= 0.6 is 11.8 Å². The number of carbonyl (C=O) groups is 1. The molecule has 0 aliphatic heterocycles. The Labute approximate surface area is 222 Å². The van der Waals surface area contributed by atoms with Crippen LogP contribution in [0.5, 0.6) is 23.0 Å². The van der Waals surface area contributed by atoms with E-state index < -0.39 is 10.9 Å². The Balaban J connectivity index is 2.11. The van der Waals surface area contributed by atoms with Crippen molar-refractivity contribution in [1.82, 2.24) is 14.8 Å². The molecule has 0 bridgehead atoms. The summed E-state index contributed by atoms with van der Waals surface area (Å²) in [6, 6.07) is 7.66. The van der Waals surface area contributed by atoms with Gasteiger partial charge in [-0.25, -0.2) is 4.79 Å². The number of nitrogens with zero attached hydrogens (tertiary/aromatic N) is 4. The zero-order valence-corrected chi connectivity index (χ0v) is 22.0. The summed E-state index contributed by atoms with van der Waals surface area (Å²) in [5, 5.41) is 30.2. The van der Waals surface area contributed by atoms with Gasteiger partial charge in [0.2, 0.25) is 0 Å². The SMILES string of the molecule is C=CCOc1c(/C=C(/Sc2nnc(-c3cc(OC)cc(OC)c3)n2CC)C(=O)O)cc([N+](=O)[O-])cc1OC. The van der Waals surface area contributed by atoms with E-state index in [1.807, 2.05) is 6.92 Å². The lowest BCUT2D eigenvalue weighted by Crippen LogP contribution is -2.04. The normalized spacial score (nSPS) is 11.1. The van der Waals surface area contributed by atoms with Gasteiger partial charge in [-0.15, -0.1) is 10.2 Å². The van der Waals surface area contributed by atoms with Crippen molar-refractivity contribution in [2.24, 2.45) is 0 Å². The van der Waals surface area contributed by atoms with Crippen LogP contribution in [0, 0.1) is 10.1 Å². The molecule has 2 aromatic carbocycles. The maximum Gasteiger partial charge on any atom is 0.342 e. The number of nitro groups is 1. The highest BCUT2D eigenvalue weighted by Crippen LogP contribution is 2.39. The molecule has 1 heterocycles. The highest BCUT2D eigenvalue weighted by atomic mass is 32.2. The Morgan fingerprint density at radius 3 is 2.34 bits per heavy atom. The van der Waals surface area contributed by atoms with Gasteiger partial charge >= 0.3 is 5.97 Å². The highest BCUT2D eigenvalue weighted by molar-refractivity contribution is 8.04. The maximum atomic E-state index is 12.2. The third kappa shape index (κ3) is 6.24. The molecule has 0 fully saturated rings. The van der Waals surface area contributed by atoms with E-state index in [1.165, 1.54) is 45.6 Å². The standard InChI is InChI=1S/C25H26N4O8S/c1-6-8-37-22-15(9-17(29(32)33)13-20(22)36-5)12-21(24(30)31)38-25-27-26-23(28(25)7-2)16-10-18(34-3)14-19(11-16)35-4/h6,9-14H,1,7-8H2,2-5H3,(H,30,31)/b21-12+. The molecule has 0 saturated heterocycles. The number of non-ortho nitro benzene ring substituents is 1. The molecule has 0 saturated carbocycles. The zero-order chi connectivity index (χ0) is 27.8. The molecule has 3 rings (SSSR count). The number of methoxy groups -OCH3 is 3. The van der Waals surface area contributed by atoms with Gasteiger partial charge in [-0.2, -0.15) is 0 Å². The van der Waals surface area contributed by atoms with Crippen molar-refractivity contribution in [2.75, 3.05) is 27.9 Å². The first-order valence-corrected chi connectivity index (χ1v) is 12.0. The van der Waals surface area contributed by atoms with Crippen LogP contribution in [-0.4, -0.2) is 58.7 Å². The molecule has 0 aliphatic carbocycles. The van der Waals surface area contributed by atoms with E-state index in [1.54, 1.807) is 22.8 Å². The van der Waals surface area contributed by atoms with E-state index in [9.17, 15) is 20.0 Å². The van der Waals surface area contributed by atoms with Crippen LogP contribution in [0.15, 0.2) is 53.0 Å². The van der Waals surface area contributed by atoms with Crippen LogP contribution in [0.3, 0.4) is 0 Å². The number of aliphatic carboxylic acids is 1. The average Bonchev–Trinajstić information content (AvgIpc) is 3.33. The van der Waals surface area contributed by atoms with E-state index in [0.717, 1.165) is 11.8 Å². The van der Waals surface area contributed by atoms with Gasteiger partial charge in [-0.05, 0) is 36.9 Å². The second-order valence-corrected chi connectivity index (χ2v) is 8.50. The molecule has 13 heteroatoms. The number of rotatable bonds is 13. The summed E-state index contributed by atoms with van der Waals surface area (Å²) in [6.45, 7) is 5.96. The van der Waals surface area contributed by atoms with Crippen molar-refractivity contribution >= 4 is 29.5 Å². The van der Waals surface area contributed by atoms with Crippen LogP contribution in [0.25, 0.3) is 17.5 Å². The van der Waals surface area contributed by atoms with Crippen LogP contribution in [0.1, 0.15) is 12.5 Å². The molecule has 0 unspecified atom stereocenters. The minimum atomic E-state index is -1.27. The molecule has 0 spiro atoms. The minimum Gasteiger partial charge on any atom is -0.497 e. The fourth-order valence-corrected chi connectivity index (χ4v) is 4.32. The number of aromatic nitrogens is 3. The molecule has 1 N–H and O–H groups in total. The molecule has 3 aromatic rings. The minimum absolute atomic E-state index is 0.0715. The molecule has 0 atom stereocenters. The number of carboxylic acid groups (broad SMARTS) is 1. The summed E-state index contributed by atoms with van der Waals surface area (Å²) in [7, 11) is 4.40. The number of hydrogen-bond donors (Lipinski definition) is 1. The first kappa shape index (κ1) is 28.1. The van der Waals surface area contributed by atoms with Crippen molar-refractivity contribution in [3.63, 3.8) is 0 Å². The zero-order valence-electron chi connectivity index (χ0n) is 21.2. The van der Waals surface area contributed by atoms with E-state index in [2.05, 4.69) is 16.8 Å². The summed E-state index contributed by atoms with van der Waals surface area (Å²) in [5.41, 5.74) is 0.509. The van der Waals surface area contributed by atoms with Crippen LogP contribution < -0.4 is 18.9 Å². The molecule has 200 valence electrons. The Hall–Kier alpha value is -4.52. The number of nitro benzene ring substituents is 1. The number of hydrogen-bond acceptors (Lipinski definition) is 10. The van der Waals surface area contributed by atoms with Gasteiger partial charge in [0.15, 0.2) is 22.5 Å². The second kappa shape index (κ2) is 12.6. The molecule has 12 nitrogen and oxygen atoms in total. The first-order valence-electron chi connectivity index (χ1n) is 11.2. The lowest BCUT2D eigenvalue weighted by molar-refractivity contribution is -0.385.